The smallest absolute Gasteiger partial charge is 0.183 e. The molecule has 1 fully saturated rings. The zero-order valence-corrected chi connectivity index (χ0v) is 14.8. The highest BCUT2D eigenvalue weighted by Gasteiger charge is 2.45. The van der Waals surface area contributed by atoms with E-state index in [1.807, 2.05) is 6.07 Å². The van der Waals surface area contributed by atoms with Crippen molar-refractivity contribution in [1.29, 1.82) is 0 Å². The largest absolute Gasteiger partial charge is 0.308 e. The number of aromatic nitrogens is 1. The van der Waals surface area contributed by atoms with Gasteiger partial charge in [-0.2, -0.15) is 0 Å². The van der Waals surface area contributed by atoms with Gasteiger partial charge in [-0.05, 0) is 35.9 Å². The molecule has 3 rings (SSSR count). The third-order valence-electron chi connectivity index (χ3n) is 4.13. The first-order chi connectivity index (χ1) is 11.8. The van der Waals surface area contributed by atoms with Crippen LogP contribution < -0.4 is 5.32 Å². The molecular weight excluding hydrogens is 367 g/mol. The van der Waals surface area contributed by atoms with Crippen LogP contribution in [0.25, 0.3) is 0 Å². The Bertz CT molecular complexity index is 945. The average molecular weight is 384 g/mol. The van der Waals surface area contributed by atoms with E-state index in [1.165, 1.54) is 0 Å². The van der Waals surface area contributed by atoms with Gasteiger partial charge in [-0.3, -0.25) is 4.98 Å². The molecule has 1 saturated heterocycles. The van der Waals surface area contributed by atoms with E-state index in [0.29, 0.717) is 6.54 Å². The predicted molar refractivity (Wildman–Crippen MR) is 90.9 cm³/mol. The Hall–Kier alpha value is -1.84. The van der Waals surface area contributed by atoms with Crippen molar-refractivity contribution in [3.63, 3.8) is 0 Å². The van der Waals surface area contributed by atoms with E-state index in [9.17, 15) is 21.2 Å². The summed E-state index contributed by atoms with van der Waals surface area (Å²) >= 11 is 0. The van der Waals surface area contributed by atoms with Crippen LogP contribution in [0.15, 0.2) is 53.7 Å². The predicted octanol–water partition coefficient (Wildman–Crippen LogP) is 0.950. The van der Waals surface area contributed by atoms with Crippen molar-refractivity contribution < 1.29 is 21.2 Å². The van der Waals surface area contributed by atoms with Crippen molar-refractivity contribution >= 4 is 19.7 Å². The zero-order valence-electron chi connectivity index (χ0n) is 13.2. The van der Waals surface area contributed by atoms with Crippen molar-refractivity contribution in [3.05, 3.63) is 60.2 Å². The number of pyridine rings is 1. The molecule has 6 nitrogen and oxygen atoms in total. The summed E-state index contributed by atoms with van der Waals surface area (Å²) in [4.78, 5) is 3.89. The van der Waals surface area contributed by atoms with Crippen LogP contribution in [0.2, 0.25) is 0 Å². The van der Waals surface area contributed by atoms with E-state index in [2.05, 4.69) is 10.3 Å². The second-order valence-electron chi connectivity index (χ2n) is 5.96. The molecule has 1 N–H and O–H groups in total. The molecule has 0 saturated carbocycles. The molecule has 1 aliphatic heterocycles. The SMILES string of the molecule is O=S1(=O)CC(NCc2cccnc2)C(S(=O)(=O)c2ccc(F)cc2)C1. The van der Waals surface area contributed by atoms with Gasteiger partial charge in [0.05, 0.1) is 21.7 Å². The number of hydrogen-bond acceptors (Lipinski definition) is 6. The van der Waals surface area contributed by atoms with Gasteiger partial charge in [0.15, 0.2) is 19.7 Å². The number of rotatable bonds is 5. The van der Waals surface area contributed by atoms with Crippen LogP contribution in [0.3, 0.4) is 0 Å². The second kappa shape index (κ2) is 6.81. The van der Waals surface area contributed by atoms with Crippen LogP contribution in [0.5, 0.6) is 0 Å². The molecule has 0 amide bonds. The van der Waals surface area contributed by atoms with Crippen LogP contribution in [0.4, 0.5) is 4.39 Å². The number of sulfone groups is 2. The lowest BCUT2D eigenvalue weighted by atomic mass is 10.2. The quantitative estimate of drug-likeness (QED) is 0.772. The highest BCUT2D eigenvalue weighted by atomic mass is 32.2. The third kappa shape index (κ3) is 4.05. The molecule has 134 valence electrons. The molecular formula is C16H17FN2O4S2. The number of halogens is 1. The summed E-state index contributed by atoms with van der Waals surface area (Å²) < 4.78 is 62.7. The molecule has 25 heavy (non-hydrogen) atoms. The maximum absolute atomic E-state index is 13.1. The zero-order chi connectivity index (χ0) is 18.1. The highest BCUT2D eigenvalue weighted by molar-refractivity contribution is 7.96. The van der Waals surface area contributed by atoms with Crippen molar-refractivity contribution in [2.75, 3.05) is 11.5 Å². The minimum absolute atomic E-state index is 0.0795. The van der Waals surface area contributed by atoms with Gasteiger partial charge in [-0.15, -0.1) is 0 Å². The summed E-state index contributed by atoms with van der Waals surface area (Å²) in [5.41, 5.74) is 0.824. The maximum atomic E-state index is 13.1. The number of benzene rings is 1. The fraction of sp³-hybridized carbons (Fsp3) is 0.312. The van der Waals surface area contributed by atoms with E-state index in [-0.39, 0.29) is 10.6 Å². The van der Waals surface area contributed by atoms with Crippen LogP contribution in [-0.4, -0.2) is 44.6 Å². The van der Waals surface area contributed by atoms with E-state index in [1.54, 1.807) is 18.5 Å². The van der Waals surface area contributed by atoms with Gasteiger partial charge in [0.25, 0.3) is 0 Å². The van der Waals surface area contributed by atoms with Crippen molar-refractivity contribution in [3.8, 4) is 0 Å². The maximum Gasteiger partial charge on any atom is 0.183 e. The lowest BCUT2D eigenvalue weighted by molar-refractivity contribution is 0.525. The molecule has 0 spiro atoms. The van der Waals surface area contributed by atoms with Crippen molar-refractivity contribution in [1.82, 2.24) is 10.3 Å². The Balaban J connectivity index is 1.85. The standard InChI is InChI=1S/C16H17FN2O4S2/c17-13-3-5-14(6-4-13)25(22,23)16-11-24(20,21)10-15(16)19-9-12-2-1-7-18-8-12/h1-8,15-16,19H,9-11H2. The van der Waals surface area contributed by atoms with Crippen LogP contribution in [0.1, 0.15) is 5.56 Å². The van der Waals surface area contributed by atoms with Gasteiger partial charge < -0.3 is 5.32 Å². The fourth-order valence-electron chi connectivity index (χ4n) is 2.86. The molecule has 2 aromatic rings. The Morgan fingerprint density at radius 1 is 1.16 bits per heavy atom. The molecule has 0 radical (unpaired) electrons. The Morgan fingerprint density at radius 2 is 1.88 bits per heavy atom. The molecule has 2 heterocycles. The number of hydrogen-bond donors (Lipinski definition) is 1. The van der Waals surface area contributed by atoms with Crippen molar-refractivity contribution in [2.24, 2.45) is 0 Å². The normalized spacial score (nSPS) is 22.8. The summed E-state index contributed by atoms with van der Waals surface area (Å²) in [6.07, 6.45) is 3.24. The van der Waals surface area contributed by atoms with Crippen molar-refractivity contribution in [2.45, 2.75) is 22.7 Å². The fourth-order valence-corrected chi connectivity index (χ4v) is 7.58. The van der Waals surface area contributed by atoms with Gasteiger partial charge in [0.2, 0.25) is 0 Å². The second-order valence-corrected chi connectivity index (χ2v) is 10.3. The molecule has 0 bridgehead atoms. The Morgan fingerprint density at radius 3 is 2.52 bits per heavy atom. The van der Waals surface area contributed by atoms with Gasteiger partial charge in [-0.25, -0.2) is 21.2 Å². The van der Waals surface area contributed by atoms with Crippen LogP contribution in [0, 0.1) is 5.82 Å². The first kappa shape index (κ1) is 18.0. The lowest BCUT2D eigenvalue weighted by Gasteiger charge is -2.20. The van der Waals surface area contributed by atoms with Crippen LogP contribution >= 0.6 is 0 Å². The minimum atomic E-state index is -3.90. The van der Waals surface area contributed by atoms with E-state index >= 15 is 0 Å². The summed E-state index contributed by atoms with van der Waals surface area (Å²) in [5.74, 6) is -1.25. The monoisotopic (exact) mass is 384 g/mol. The average Bonchev–Trinajstić information content (AvgIpc) is 2.90. The van der Waals surface area contributed by atoms with Crippen LogP contribution in [-0.2, 0) is 26.2 Å². The molecule has 1 aromatic heterocycles. The number of nitrogens with one attached hydrogen (secondary N) is 1. The van der Waals surface area contributed by atoms with E-state index in [4.69, 9.17) is 0 Å². The molecule has 1 aliphatic rings. The van der Waals surface area contributed by atoms with E-state index in [0.717, 1.165) is 29.8 Å². The summed E-state index contributed by atoms with van der Waals surface area (Å²) in [5, 5.41) is 1.91. The molecule has 2 atom stereocenters. The summed E-state index contributed by atoms with van der Waals surface area (Å²) in [6, 6.07) is 7.24. The van der Waals surface area contributed by atoms with E-state index < -0.39 is 42.5 Å². The number of nitrogens with zero attached hydrogens (tertiary/aromatic N) is 1. The minimum Gasteiger partial charge on any atom is -0.308 e. The van der Waals surface area contributed by atoms with Gasteiger partial charge in [0, 0.05) is 25.0 Å². The van der Waals surface area contributed by atoms with Gasteiger partial charge in [0.1, 0.15) is 5.82 Å². The molecule has 0 aliphatic carbocycles. The highest BCUT2D eigenvalue weighted by Crippen LogP contribution is 2.26. The first-order valence-electron chi connectivity index (χ1n) is 7.60. The van der Waals surface area contributed by atoms with Gasteiger partial charge in [-0.1, -0.05) is 6.07 Å². The molecule has 2 unspecified atom stereocenters. The van der Waals surface area contributed by atoms with Gasteiger partial charge >= 0.3 is 0 Å². The molecule has 1 aromatic carbocycles. The molecule has 9 heteroatoms. The third-order valence-corrected chi connectivity index (χ3v) is 8.30. The first-order valence-corrected chi connectivity index (χ1v) is 11.0. The summed E-state index contributed by atoms with van der Waals surface area (Å²) in [7, 11) is -7.38. The summed E-state index contributed by atoms with van der Waals surface area (Å²) in [6.45, 7) is 0.309. The Kier molecular flexibility index (Phi) is 4.90. The topological polar surface area (TPSA) is 93.2 Å². The lowest BCUT2D eigenvalue weighted by Crippen LogP contribution is -2.43. The Labute approximate surface area is 145 Å².